The molecule has 0 amide bonds. The Morgan fingerprint density at radius 3 is 1.57 bits per heavy atom. The molecule has 0 rings (SSSR count). The smallest absolute Gasteiger partial charge is 0.333 e. The van der Waals surface area contributed by atoms with Crippen molar-refractivity contribution in [1.82, 2.24) is 0 Å². The molecule has 0 aliphatic rings. The average Bonchev–Trinajstić information content (AvgIpc) is 2.73. The summed E-state index contributed by atoms with van der Waals surface area (Å²) >= 11 is 0. The van der Waals surface area contributed by atoms with E-state index in [-0.39, 0.29) is 25.1 Å². The molecule has 0 spiro atoms. The van der Waals surface area contributed by atoms with Gasteiger partial charge in [-0.25, -0.2) is 4.79 Å². The van der Waals surface area contributed by atoms with Crippen molar-refractivity contribution >= 4 is 11.9 Å². The van der Waals surface area contributed by atoms with Crippen LogP contribution in [-0.4, -0.2) is 78.0 Å². The second kappa shape index (κ2) is 20.8. The molecule has 0 N–H and O–H groups in total. The zero-order valence-corrected chi connectivity index (χ0v) is 18.9. The average molecular weight is 433 g/mol. The molecule has 176 valence electrons. The highest BCUT2D eigenvalue weighted by atomic mass is 16.6. The molecule has 0 heterocycles. The van der Waals surface area contributed by atoms with Gasteiger partial charge in [0.05, 0.1) is 58.8 Å². The molecule has 0 fully saturated rings. The fraction of sp³-hybridized carbons (Fsp3) is 0.818. The van der Waals surface area contributed by atoms with Crippen molar-refractivity contribution in [2.75, 3.05) is 66.1 Å². The summed E-state index contributed by atoms with van der Waals surface area (Å²) in [6.07, 6.45) is 3.83. The van der Waals surface area contributed by atoms with E-state index in [4.69, 9.17) is 28.4 Å². The molecule has 1 atom stereocenters. The number of rotatable bonds is 21. The van der Waals surface area contributed by atoms with Gasteiger partial charge in [0, 0.05) is 5.57 Å². The minimum absolute atomic E-state index is 0.00209. The molecule has 0 bridgehead atoms. The van der Waals surface area contributed by atoms with Crippen molar-refractivity contribution in [3.8, 4) is 0 Å². The van der Waals surface area contributed by atoms with E-state index < -0.39 is 5.97 Å². The van der Waals surface area contributed by atoms with Crippen LogP contribution in [0.3, 0.4) is 0 Å². The van der Waals surface area contributed by atoms with Gasteiger partial charge in [0.25, 0.3) is 0 Å². The summed E-state index contributed by atoms with van der Waals surface area (Å²) in [6, 6.07) is 0. The molecule has 0 aliphatic heterocycles. The second-order valence-electron chi connectivity index (χ2n) is 6.78. The zero-order chi connectivity index (χ0) is 22.5. The summed E-state index contributed by atoms with van der Waals surface area (Å²) in [6.45, 7) is 13.1. The molecule has 0 aromatic carbocycles. The molecular weight excluding hydrogens is 392 g/mol. The minimum atomic E-state index is -0.412. The van der Waals surface area contributed by atoms with Gasteiger partial charge in [-0.15, -0.1) is 0 Å². The molecule has 0 saturated heterocycles. The van der Waals surface area contributed by atoms with Crippen LogP contribution in [0.5, 0.6) is 0 Å². The van der Waals surface area contributed by atoms with Gasteiger partial charge >= 0.3 is 11.9 Å². The van der Waals surface area contributed by atoms with Crippen molar-refractivity contribution in [3.63, 3.8) is 0 Å². The van der Waals surface area contributed by atoms with Crippen molar-refractivity contribution in [1.29, 1.82) is 0 Å². The Labute approximate surface area is 181 Å². The van der Waals surface area contributed by atoms with Crippen molar-refractivity contribution in [2.45, 2.75) is 46.5 Å². The lowest BCUT2D eigenvalue weighted by atomic mass is 10.00. The first kappa shape index (κ1) is 28.5. The molecule has 0 radical (unpaired) electrons. The Hall–Kier alpha value is -1.48. The molecule has 30 heavy (non-hydrogen) atoms. The molecule has 0 saturated carbocycles. The van der Waals surface area contributed by atoms with Crippen molar-refractivity contribution in [2.24, 2.45) is 5.92 Å². The van der Waals surface area contributed by atoms with Crippen molar-refractivity contribution < 1.29 is 38.0 Å². The maximum absolute atomic E-state index is 11.9. The standard InChI is InChI=1S/C22H40O8/c1-5-7-8-20(6-2)22(24)30-18-16-28-14-12-26-10-9-25-11-13-27-15-17-29-21(23)19(3)4/h20H,3,5-18H2,1-2,4H3. The summed E-state index contributed by atoms with van der Waals surface area (Å²) < 4.78 is 31.6. The van der Waals surface area contributed by atoms with E-state index in [1.807, 2.05) is 6.92 Å². The molecule has 0 aromatic heterocycles. The third-order valence-corrected chi connectivity index (χ3v) is 4.13. The van der Waals surface area contributed by atoms with E-state index in [0.717, 1.165) is 25.7 Å². The summed E-state index contributed by atoms with van der Waals surface area (Å²) in [7, 11) is 0. The quantitative estimate of drug-likeness (QED) is 0.155. The van der Waals surface area contributed by atoms with E-state index in [1.165, 1.54) is 0 Å². The first-order valence-corrected chi connectivity index (χ1v) is 10.8. The molecule has 8 heteroatoms. The third kappa shape index (κ3) is 17.4. The Bertz CT molecular complexity index is 452. The van der Waals surface area contributed by atoms with Gasteiger partial charge in [-0.3, -0.25) is 4.79 Å². The summed E-state index contributed by atoms with van der Waals surface area (Å²) in [5.41, 5.74) is 0.370. The number of hydrogen-bond acceptors (Lipinski definition) is 8. The van der Waals surface area contributed by atoms with Gasteiger partial charge < -0.3 is 28.4 Å². The maximum Gasteiger partial charge on any atom is 0.333 e. The topological polar surface area (TPSA) is 89.5 Å². The lowest BCUT2D eigenvalue weighted by Crippen LogP contribution is -2.20. The van der Waals surface area contributed by atoms with E-state index in [9.17, 15) is 9.59 Å². The Balaban J connectivity index is 3.30. The molecule has 0 aromatic rings. The van der Waals surface area contributed by atoms with Gasteiger partial charge in [0.1, 0.15) is 13.2 Å². The maximum atomic E-state index is 11.9. The van der Waals surface area contributed by atoms with E-state index in [2.05, 4.69) is 13.5 Å². The monoisotopic (exact) mass is 432 g/mol. The fourth-order valence-corrected chi connectivity index (χ4v) is 2.34. The van der Waals surface area contributed by atoms with Crippen LogP contribution in [0, 0.1) is 5.92 Å². The van der Waals surface area contributed by atoms with Gasteiger partial charge in [0.15, 0.2) is 0 Å². The highest BCUT2D eigenvalue weighted by molar-refractivity contribution is 5.86. The number of ether oxygens (including phenoxy) is 6. The molecule has 0 aliphatic carbocycles. The number of carbonyl (C=O) groups excluding carboxylic acids is 2. The number of esters is 2. The first-order chi connectivity index (χ1) is 14.5. The molecule has 1 unspecified atom stereocenters. The van der Waals surface area contributed by atoms with E-state index in [1.54, 1.807) is 6.92 Å². The van der Waals surface area contributed by atoms with Crippen molar-refractivity contribution in [3.05, 3.63) is 12.2 Å². The lowest BCUT2D eigenvalue weighted by molar-refractivity contribution is -0.150. The second-order valence-corrected chi connectivity index (χ2v) is 6.78. The van der Waals surface area contributed by atoms with Gasteiger partial charge in [-0.1, -0.05) is 33.3 Å². The van der Waals surface area contributed by atoms with Crippen LogP contribution in [0.2, 0.25) is 0 Å². The predicted octanol–water partition coefficient (Wildman–Crippen LogP) is 2.93. The van der Waals surface area contributed by atoms with E-state index in [0.29, 0.717) is 58.4 Å². The summed E-state index contributed by atoms with van der Waals surface area (Å²) in [5, 5.41) is 0. The van der Waals surface area contributed by atoms with Crippen LogP contribution in [0.15, 0.2) is 12.2 Å². The summed E-state index contributed by atoms with van der Waals surface area (Å²) in [5.74, 6) is -0.540. The number of unbranched alkanes of at least 4 members (excludes halogenated alkanes) is 1. The highest BCUT2D eigenvalue weighted by Gasteiger charge is 2.16. The first-order valence-electron chi connectivity index (χ1n) is 10.8. The zero-order valence-electron chi connectivity index (χ0n) is 18.9. The van der Waals surface area contributed by atoms with Crippen LogP contribution in [0.25, 0.3) is 0 Å². The number of hydrogen-bond donors (Lipinski definition) is 0. The minimum Gasteiger partial charge on any atom is -0.463 e. The third-order valence-electron chi connectivity index (χ3n) is 4.13. The van der Waals surface area contributed by atoms with E-state index >= 15 is 0 Å². The fourth-order valence-electron chi connectivity index (χ4n) is 2.34. The Morgan fingerprint density at radius 1 is 0.733 bits per heavy atom. The normalized spacial score (nSPS) is 11.8. The Kier molecular flexibility index (Phi) is 19.8. The molecular formula is C22H40O8. The predicted molar refractivity (Wildman–Crippen MR) is 113 cm³/mol. The highest BCUT2D eigenvalue weighted by Crippen LogP contribution is 2.14. The van der Waals surface area contributed by atoms with Crippen LogP contribution >= 0.6 is 0 Å². The van der Waals surface area contributed by atoms with Crippen LogP contribution in [0.1, 0.15) is 46.5 Å². The lowest BCUT2D eigenvalue weighted by Gasteiger charge is -2.13. The van der Waals surface area contributed by atoms with Gasteiger partial charge in [-0.05, 0) is 19.8 Å². The number of carbonyl (C=O) groups is 2. The van der Waals surface area contributed by atoms with Crippen LogP contribution < -0.4 is 0 Å². The van der Waals surface area contributed by atoms with Crippen LogP contribution in [-0.2, 0) is 38.0 Å². The van der Waals surface area contributed by atoms with Gasteiger partial charge in [0.2, 0.25) is 0 Å². The largest absolute Gasteiger partial charge is 0.463 e. The van der Waals surface area contributed by atoms with Crippen LogP contribution in [0.4, 0.5) is 0 Å². The SMILES string of the molecule is C=C(C)C(=O)OCCOCCOCCOCCOCCOC(=O)C(CC)CCCC. The van der Waals surface area contributed by atoms with Gasteiger partial charge in [-0.2, -0.15) is 0 Å². The molecule has 8 nitrogen and oxygen atoms in total. The Morgan fingerprint density at radius 2 is 1.17 bits per heavy atom. The summed E-state index contributed by atoms with van der Waals surface area (Å²) in [4.78, 5) is 23.0.